The molecule has 2 aliphatic rings. The monoisotopic (exact) mass is 497 g/mol. The third-order valence-corrected chi connectivity index (χ3v) is 7.48. The van der Waals surface area contributed by atoms with Crippen LogP contribution in [0.3, 0.4) is 0 Å². The molecule has 0 aliphatic carbocycles. The van der Waals surface area contributed by atoms with Gasteiger partial charge in [-0.3, -0.25) is 9.59 Å². The van der Waals surface area contributed by atoms with Gasteiger partial charge in [-0.05, 0) is 37.8 Å². The summed E-state index contributed by atoms with van der Waals surface area (Å²) in [5.74, 6) is -0.345. The van der Waals surface area contributed by atoms with Gasteiger partial charge in [0, 0.05) is 41.0 Å². The van der Waals surface area contributed by atoms with E-state index >= 15 is 0 Å². The Labute approximate surface area is 206 Å². The van der Waals surface area contributed by atoms with E-state index in [1.54, 1.807) is 27.0 Å². The Bertz CT molecular complexity index is 1290. The fraction of sp³-hybridized carbons (Fsp3) is 0.375. The first kappa shape index (κ1) is 22.7. The molecule has 34 heavy (non-hydrogen) atoms. The summed E-state index contributed by atoms with van der Waals surface area (Å²) in [5, 5.41) is 5.91. The average Bonchev–Trinajstić information content (AvgIpc) is 3.44. The Hall–Kier alpha value is -3.04. The molecular weight excluding hydrogens is 474 g/mol. The van der Waals surface area contributed by atoms with Crippen LogP contribution in [0.15, 0.2) is 35.3 Å². The molecule has 1 atom stereocenters. The Kier molecular flexibility index (Phi) is 6.22. The summed E-state index contributed by atoms with van der Waals surface area (Å²) in [6.45, 7) is 4.78. The molecule has 1 unspecified atom stereocenters. The van der Waals surface area contributed by atoms with Gasteiger partial charge >= 0.3 is 5.97 Å². The molecular formula is C24H24ClN5O3S. The zero-order valence-electron chi connectivity index (χ0n) is 19.0. The van der Waals surface area contributed by atoms with E-state index in [1.165, 1.54) is 6.92 Å². The lowest BCUT2D eigenvalue weighted by Gasteiger charge is -2.25. The lowest BCUT2D eigenvalue weighted by Crippen LogP contribution is -2.36. The van der Waals surface area contributed by atoms with E-state index in [4.69, 9.17) is 21.3 Å². The molecule has 10 heteroatoms. The molecule has 8 nitrogen and oxygen atoms in total. The molecule has 0 N–H and O–H groups in total. The minimum Gasteiger partial charge on any atom is -0.432 e. The van der Waals surface area contributed by atoms with Crippen LogP contribution in [0.1, 0.15) is 71.8 Å². The van der Waals surface area contributed by atoms with Gasteiger partial charge in [0.25, 0.3) is 12.1 Å². The molecule has 3 aromatic rings. The summed E-state index contributed by atoms with van der Waals surface area (Å²) in [6, 6.07) is 9.46. The van der Waals surface area contributed by atoms with Crippen molar-refractivity contribution in [2.75, 3.05) is 13.1 Å². The van der Waals surface area contributed by atoms with Crippen LogP contribution in [-0.2, 0) is 16.0 Å². The maximum absolute atomic E-state index is 13.2. The van der Waals surface area contributed by atoms with Crippen molar-refractivity contribution in [2.24, 2.45) is 4.99 Å². The minimum absolute atomic E-state index is 0.0860. The minimum atomic E-state index is -1.07. The number of esters is 1. The summed E-state index contributed by atoms with van der Waals surface area (Å²) in [4.78, 5) is 37.4. The Morgan fingerprint density at radius 3 is 2.65 bits per heavy atom. The van der Waals surface area contributed by atoms with Gasteiger partial charge < -0.3 is 9.64 Å². The number of aromatic nitrogens is 3. The zero-order valence-corrected chi connectivity index (χ0v) is 20.5. The number of fused-ring (bicyclic) bond motifs is 3. The van der Waals surface area contributed by atoms with Gasteiger partial charge in [-0.1, -0.05) is 36.7 Å². The Balaban J connectivity index is 1.68. The molecule has 0 spiro atoms. The number of aliphatic imine (C=N–C) groups is 1. The first-order valence-electron chi connectivity index (χ1n) is 11.4. The normalized spacial score (nSPS) is 17.4. The quantitative estimate of drug-likeness (QED) is 0.492. The standard InChI is InChI=1S/C24H24ClN5O3S/c1-3-15-13-17-19(16-9-5-6-10-18(16)25)26-22(33-14(2)31)21-27-20(28-30(21)24(17)34-15)23(32)29-11-7-4-8-12-29/h5-6,9-10,13,22H,3-4,7-8,11-12H2,1-2H3. The third kappa shape index (κ3) is 4.14. The maximum atomic E-state index is 13.2. The maximum Gasteiger partial charge on any atom is 0.304 e. The fourth-order valence-electron chi connectivity index (χ4n) is 4.24. The molecule has 0 saturated carbocycles. The van der Waals surface area contributed by atoms with E-state index in [9.17, 15) is 9.59 Å². The van der Waals surface area contributed by atoms with Gasteiger partial charge in [0.1, 0.15) is 5.00 Å². The van der Waals surface area contributed by atoms with Crippen molar-refractivity contribution in [3.8, 4) is 5.00 Å². The van der Waals surface area contributed by atoms with Gasteiger partial charge in [-0.2, -0.15) is 0 Å². The highest BCUT2D eigenvalue weighted by molar-refractivity contribution is 7.15. The number of nitrogens with zero attached hydrogens (tertiary/aromatic N) is 5. The number of carbonyl (C=O) groups excluding carboxylic acids is 2. The molecule has 1 fully saturated rings. The second kappa shape index (κ2) is 9.31. The van der Waals surface area contributed by atoms with Crippen molar-refractivity contribution in [1.82, 2.24) is 19.7 Å². The number of halogens is 1. The van der Waals surface area contributed by atoms with Crippen LogP contribution in [0.2, 0.25) is 5.02 Å². The van der Waals surface area contributed by atoms with Crippen LogP contribution >= 0.6 is 22.9 Å². The second-order valence-electron chi connectivity index (χ2n) is 8.26. The topological polar surface area (TPSA) is 89.7 Å². The fourth-order valence-corrected chi connectivity index (χ4v) is 5.52. The van der Waals surface area contributed by atoms with Crippen LogP contribution in [0, 0.1) is 0 Å². The molecule has 176 valence electrons. The molecule has 1 amide bonds. The van der Waals surface area contributed by atoms with Gasteiger partial charge in [-0.15, -0.1) is 16.4 Å². The molecule has 1 saturated heterocycles. The number of aryl methyl sites for hydroxylation is 1. The number of hydrogen-bond acceptors (Lipinski definition) is 7. The molecule has 1 aromatic carbocycles. The molecule has 2 aromatic heterocycles. The van der Waals surface area contributed by atoms with E-state index in [2.05, 4.69) is 23.1 Å². The van der Waals surface area contributed by atoms with Crippen molar-refractivity contribution in [3.63, 3.8) is 0 Å². The van der Waals surface area contributed by atoms with Crippen LogP contribution in [0.25, 0.3) is 5.00 Å². The summed E-state index contributed by atoms with van der Waals surface area (Å²) in [6.07, 6.45) is 2.81. The first-order valence-corrected chi connectivity index (χ1v) is 12.5. The van der Waals surface area contributed by atoms with E-state index in [-0.39, 0.29) is 11.7 Å². The lowest BCUT2D eigenvalue weighted by atomic mass is 10.0. The van der Waals surface area contributed by atoms with Crippen LogP contribution in [0.4, 0.5) is 0 Å². The smallest absolute Gasteiger partial charge is 0.304 e. The average molecular weight is 498 g/mol. The van der Waals surface area contributed by atoms with Gasteiger partial charge in [0.05, 0.1) is 5.71 Å². The lowest BCUT2D eigenvalue weighted by molar-refractivity contribution is -0.146. The number of ether oxygens (including phenoxy) is 1. The number of thiophene rings is 1. The summed E-state index contributed by atoms with van der Waals surface area (Å²) in [5.41, 5.74) is 2.13. The molecule has 5 rings (SSSR count). The van der Waals surface area contributed by atoms with E-state index in [0.717, 1.165) is 46.7 Å². The second-order valence-corrected chi connectivity index (χ2v) is 9.79. The first-order chi connectivity index (χ1) is 16.5. The largest absolute Gasteiger partial charge is 0.432 e. The van der Waals surface area contributed by atoms with Gasteiger partial charge in [-0.25, -0.2) is 14.7 Å². The number of amides is 1. The highest BCUT2D eigenvalue weighted by Crippen LogP contribution is 2.37. The summed E-state index contributed by atoms with van der Waals surface area (Å²) >= 11 is 8.08. The molecule has 2 aliphatic heterocycles. The van der Waals surface area contributed by atoms with Gasteiger partial charge in [0.2, 0.25) is 5.82 Å². The highest BCUT2D eigenvalue weighted by Gasteiger charge is 2.34. The van der Waals surface area contributed by atoms with E-state index < -0.39 is 12.2 Å². The number of likely N-dealkylation sites (tertiary alicyclic amines) is 1. The highest BCUT2D eigenvalue weighted by atomic mass is 35.5. The van der Waals surface area contributed by atoms with Crippen molar-refractivity contribution >= 4 is 40.5 Å². The van der Waals surface area contributed by atoms with E-state index in [0.29, 0.717) is 29.6 Å². The molecule has 0 bridgehead atoms. The predicted molar refractivity (Wildman–Crippen MR) is 130 cm³/mol. The summed E-state index contributed by atoms with van der Waals surface area (Å²) < 4.78 is 7.18. The zero-order chi connectivity index (χ0) is 23.8. The SMILES string of the molecule is CCc1cc2c(s1)-n1nc(C(=O)N3CCCCC3)nc1C(OC(C)=O)N=C2c1ccccc1Cl. The molecule has 0 radical (unpaired) electrons. The summed E-state index contributed by atoms with van der Waals surface area (Å²) in [7, 11) is 0. The number of carbonyl (C=O) groups is 2. The van der Waals surface area contributed by atoms with Crippen LogP contribution < -0.4 is 0 Å². The Morgan fingerprint density at radius 2 is 1.94 bits per heavy atom. The molecule has 4 heterocycles. The number of benzene rings is 1. The van der Waals surface area contributed by atoms with Crippen molar-refractivity contribution in [1.29, 1.82) is 0 Å². The third-order valence-electron chi connectivity index (χ3n) is 5.90. The van der Waals surface area contributed by atoms with Gasteiger partial charge in [0.15, 0.2) is 5.82 Å². The van der Waals surface area contributed by atoms with Crippen molar-refractivity contribution in [2.45, 2.75) is 45.8 Å². The number of hydrogen-bond donors (Lipinski definition) is 0. The predicted octanol–water partition coefficient (Wildman–Crippen LogP) is 4.58. The van der Waals surface area contributed by atoms with Crippen molar-refractivity contribution in [3.05, 3.63) is 63.0 Å². The Morgan fingerprint density at radius 1 is 1.18 bits per heavy atom. The number of piperidine rings is 1. The number of rotatable bonds is 4. The van der Waals surface area contributed by atoms with Crippen LogP contribution in [0.5, 0.6) is 0 Å². The van der Waals surface area contributed by atoms with Crippen LogP contribution in [-0.4, -0.2) is 50.3 Å². The van der Waals surface area contributed by atoms with E-state index in [1.807, 2.05) is 18.2 Å². The van der Waals surface area contributed by atoms with Crippen molar-refractivity contribution < 1.29 is 14.3 Å².